The molecule has 0 aliphatic carbocycles. The van der Waals surface area contributed by atoms with Crippen LogP contribution in [0.3, 0.4) is 0 Å². The number of benzene rings is 1. The maximum absolute atomic E-state index is 8.38. The van der Waals surface area contributed by atoms with Crippen LogP contribution in [0.4, 0.5) is 0 Å². The Hall–Kier alpha value is -0.520. The van der Waals surface area contributed by atoms with E-state index in [1.807, 2.05) is 12.1 Å². The molecule has 1 nitrogen and oxygen atoms in total. The van der Waals surface area contributed by atoms with Crippen molar-refractivity contribution < 1.29 is 0 Å². The summed E-state index contributed by atoms with van der Waals surface area (Å²) in [7, 11) is 0. The normalized spacial score (nSPS) is 9.18. The molecule has 0 aliphatic heterocycles. The Bertz CT molecular complexity index is 303. The second-order valence-corrected chi connectivity index (χ2v) is 3.34. The van der Waals surface area contributed by atoms with Crippen LogP contribution in [0.25, 0.3) is 0 Å². The molecule has 0 spiro atoms. The molecule has 0 saturated carbocycles. The van der Waals surface area contributed by atoms with E-state index in [-0.39, 0.29) is 0 Å². The molecule has 0 atom stereocenters. The fraction of sp³-hybridized carbons (Fsp3) is 0.125. The molecule has 1 aromatic rings. The predicted octanol–water partition coefficient (Wildman–Crippen LogP) is 3.17. The van der Waals surface area contributed by atoms with Crippen LogP contribution in [-0.4, -0.2) is 0 Å². The summed E-state index contributed by atoms with van der Waals surface area (Å²) < 4.78 is 0.840. The number of nitrogens with zero attached hydrogens (tertiary/aromatic N) is 1. The van der Waals surface area contributed by atoms with Crippen LogP contribution < -0.4 is 0 Å². The second-order valence-electron chi connectivity index (χ2n) is 2.08. The first kappa shape index (κ1) is 8.58. The van der Waals surface area contributed by atoms with Crippen molar-refractivity contribution in [1.29, 1.82) is 5.26 Å². The summed E-state index contributed by atoms with van der Waals surface area (Å²) in [6.45, 7) is 0. The third-order valence-electron chi connectivity index (χ3n) is 1.27. The molecule has 1 rings (SSSR count). The van der Waals surface area contributed by atoms with Gasteiger partial charge in [-0.1, -0.05) is 17.7 Å². The molecule has 3 heteroatoms. The van der Waals surface area contributed by atoms with Crippen molar-refractivity contribution in [3.05, 3.63) is 33.3 Å². The van der Waals surface area contributed by atoms with E-state index in [1.165, 1.54) is 0 Å². The van der Waals surface area contributed by atoms with E-state index in [4.69, 9.17) is 16.9 Å². The molecule has 0 radical (unpaired) electrons. The van der Waals surface area contributed by atoms with Gasteiger partial charge in [0.25, 0.3) is 0 Å². The standard InChI is InChI=1S/C8H5BrClN/c9-7-5-6(3-4-11)1-2-8(7)10/h1-2,5H,3H2. The highest BCUT2D eigenvalue weighted by Crippen LogP contribution is 2.23. The van der Waals surface area contributed by atoms with E-state index in [0.29, 0.717) is 11.4 Å². The molecule has 0 unspecified atom stereocenters. The van der Waals surface area contributed by atoms with Crippen LogP contribution in [-0.2, 0) is 6.42 Å². The Morgan fingerprint density at radius 3 is 2.82 bits per heavy atom. The van der Waals surface area contributed by atoms with Gasteiger partial charge in [0, 0.05) is 4.47 Å². The number of hydrogen-bond acceptors (Lipinski definition) is 1. The Morgan fingerprint density at radius 2 is 2.27 bits per heavy atom. The average molecular weight is 230 g/mol. The topological polar surface area (TPSA) is 23.8 Å². The van der Waals surface area contributed by atoms with E-state index in [1.54, 1.807) is 6.07 Å². The van der Waals surface area contributed by atoms with Gasteiger partial charge in [0.15, 0.2) is 0 Å². The molecule has 1 aromatic carbocycles. The number of nitriles is 1. The number of halogens is 2. The Kier molecular flexibility index (Phi) is 2.92. The minimum Gasteiger partial charge on any atom is -0.198 e. The zero-order valence-electron chi connectivity index (χ0n) is 5.64. The Labute approximate surface area is 78.7 Å². The van der Waals surface area contributed by atoms with E-state index >= 15 is 0 Å². The Morgan fingerprint density at radius 1 is 1.55 bits per heavy atom. The summed E-state index contributed by atoms with van der Waals surface area (Å²) in [4.78, 5) is 0. The first-order chi connectivity index (χ1) is 5.24. The molecule has 0 aliphatic rings. The van der Waals surface area contributed by atoms with Gasteiger partial charge in [-0.2, -0.15) is 5.26 Å². The highest BCUT2D eigenvalue weighted by atomic mass is 79.9. The summed E-state index contributed by atoms with van der Waals surface area (Å²) >= 11 is 9.03. The largest absolute Gasteiger partial charge is 0.198 e. The van der Waals surface area contributed by atoms with Gasteiger partial charge in [-0.3, -0.25) is 0 Å². The van der Waals surface area contributed by atoms with Crippen molar-refractivity contribution in [2.24, 2.45) is 0 Å². The Balaban J connectivity index is 2.98. The lowest BCUT2D eigenvalue weighted by Crippen LogP contribution is -1.80. The molecule has 0 aromatic heterocycles. The number of rotatable bonds is 1. The van der Waals surface area contributed by atoms with Crippen molar-refractivity contribution in [3.8, 4) is 6.07 Å². The van der Waals surface area contributed by atoms with Gasteiger partial charge in [-0.15, -0.1) is 0 Å². The summed E-state index contributed by atoms with van der Waals surface area (Å²) in [5.41, 5.74) is 0.976. The average Bonchev–Trinajstić information content (AvgIpc) is 1.98. The fourth-order valence-electron chi connectivity index (χ4n) is 0.741. The molecule has 0 amide bonds. The lowest BCUT2D eigenvalue weighted by molar-refractivity contribution is 1.26. The molecule has 56 valence electrons. The molecule has 0 bridgehead atoms. The van der Waals surface area contributed by atoms with Crippen LogP contribution in [0.5, 0.6) is 0 Å². The third kappa shape index (κ3) is 2.21. The summed E-state index contributed by atoms with van der Waals surface area (Å²) in [6, 6.07) is 7.54. The van der Waals surface area contributed by atoms with Crippen LogP contribution in [0.2, 0.25) is 5.02 Å². The monoisotopic (exact) mass is 229 g/mol. The summed E-state index contributed by atoms with van der Waals surface area (Å²) in [5.74, 6) is 0. The molecule has 0 saturated heterocycles. The maximum Gasteiger partial charge on any atom is 0.0669 e. The molecule has 11 heavy (non-hydrogen) atoms. The van der Waals surface area contributed by atoms with E-state index in [0.717, 1.165) is 10.0 Å². The quantitative estimate of drug-likeness (QED) is 0.727. The van der Waals surface area contributed by atoms with Gasteiger partial charge in [0.05, 0.1) is 17.5 Å². The predicted molar refractivity (Wildman–Crippen MR) is 48.5 cm³/mol. The lowest BCUT2D eigenvalue weighted by Gasteiger charge is -1.97. The van der Waals surface area contributed by atoms with Gasteiger partial charge in [-0.25, -0.2) is 0 Å². The highest BCUT2D eigenvalue weighted by molar-refractivity contribution is 9.10. The van der Waals surface area contributed by atoms with Gasteiger partial charge in [0.1, 0.15) is 0 Å². The maximum atomic E-state index is 8.38. The minimum absolute atomic E-state index is 0.426. The highest BCUT2D eigenvalue weighted by Gasteiger charge is 1.97. The molecule has 0 N–H and O–H groups in total. The number of hydrogen-bond donors (Lipinski definition) is 0. The van der Waals surface area contributed by atoms with Crippen LogP contribution >= 0.6 is 27.5 Å². The van der Waals surface area contributed by atoms with E-state index in [9.17, 15) is 0 Å². The third-order valence-corrected chi connectivity index (χ3v) is 2.48. The first-order valence-corrected chi connectivity index (χ1v) is 4.22. The zero-order valence-corrected chi connectivity index (χ0v) is 7.98. The van der Waals surface area contributed by atoms with E-state index < -0.39 is 0 Å². The van der Waals surface area contributed by atoms with Gasteiger partial charge >= 0.3 is 0 Å². The molecular weight excluding hydrogens is 225 g/mol. The van der Waals surface area contributed by atoms with Gasteiger partial charge in [-0.05, 0) is 33.6 Å². The van der Waals surface area contributed by atoms with Crippen molar-refractivity contribution in [2.45, 2.75) is 6.42 Å². The first-order valence-electron chi connectivity index (χ1n) is 3.05. The smallest absolute Gasteiger partial charge is 0.0669 e. The minimum atomic E-state index is 0.426. The fourth-order valence-corrected chi connectivity index (χ4v) is 1.28. The van der Waals surface area contributed by atoms with Crippen molar-refractivity contribution in [3.63, 3.8) is 0 Å². The summed E-state index contributed by atoms with van der Waals surface area (Å²) in [6.07, 6.45) is 0.426. The molecule has 0 fully saturated rings. The van der Waals surface area contributed by atoms with Crippen LogP contribution in [0.15, 0.2) is 22.7 Å². The second kappa shape index (κ2) is 3.75. The van der Waals surface area contributed by atoms with Gasteiger partial charge in [0.2, 0.25) is 0 Å². The molecular formula is C8H5BrClN. The van der Waals surface area contributed by atoms with Crippen molar-refractivity contribution in [2.75, 3.05) is 0 Å². The van der Waals surface area contributed by atoms with Crippen LogP contribution in [0.1, 0.15) is 5.56 Å². The van der Waals surface area contributed by atoms with Crippen LogP contribution in [0, 0.1) is 11.3 Å². The molecule has 0 heterocycles. The van der Waals surface area contributed by atoms with Gasteiger partial charge < -0.3 is 0 Å². The van der Waals surface area contributed by atoms with Crippen molar-refractivity contribution >= 4 is 27.5 Å². The van der Waals surface area contributed by atoms with Crippen molar-refractivity contribution in [1.82, 2.24) is 0 Å². The zero-order chi connectivity index (χ0) is 8.27. The van der Waals surface area contributed by atoms with E-state index in [2.05, 4.69) is 22.0 Å². The summed E-state index contributed by atoms with van der Waals surface area (Å²) in [5, 5.41) is 9.05. The SMILES string of the molecule is N#CCc1ccc(Cl)c(Br)c1. The lowest BCUT2D eigenvalue weighted by atomic mass is 10.2.